The zero-order valence-electron chi connectivity index (χ0n) is 11.0. The van der Waals surface area contributed by atoms with Crippen LogP contribution in [0.25, 0.3) is 10.2 Å². The SMILES string of the molecule is CC(Nc1c(Br)cc(Br)cc1Br)c1nc2ccccc2s1. The highest BCUT2D eigenvalue weighted by atomic mass is 79.9. The Labute approximate surface area is 152 Å². The molecule has 0 fully saturated rings. The first-order chi connectivity index (χ1) is 10.0. The minimum atomic E-state index is 0.135. The molecule has 0 aliphatic heterocycles. The Balaban J connectivity index is 1.91. The summed E-state index contributed by atoms with van der Waals surface area (Å²) in [6, 6.07) is 12.4. The van der Waals surface area contributed by atoms with Gasteiger partial charge in [-0.3, -0.25) is 0 Å². The lowest BCUT2D eigenvalue weighted by Gasteiger charge is -2.16. The topological polar surface area (TPSA) is 24.9 Å². The Kier molecular flexibility index (Phi) is 4.69. The minimum absolute atomic E-state index is 0.135. The van der Waals surface area contributed by atoms with E-state index in [1.807, 2.05) is 30.3 Å². The van der Waals surface area contributed by atoms with Gasteiger partial charge in [0.2, 0.25) is 0 Å². The van der Waals surface area contributed by atoms with Gasteiger partial charge in [-0.1, -0.05) is 28.1 Å². The second kappa shape index (κ2) is 6.36. The average molecular weight is 491 g/mol. The molecule has 21 heavy (non-hydrogen) atoms. The maximum atomic E-state index is 4.70. The number of nitrogens with zero attached hydrogens (tertiary/aromatic N) is 1. The van der Waals surface area contributed by atoms with Gasteiger partial charge in [0.1, 0.15) is 5.01 Å². The normalized spacial score (nSPS) is 12.6. The summed E-state index contributed by atoms with van der Waals surface area (Å²) in [5.74, 6) is 0. The van der Waals surface area contributed by atoms with Crippen molar-refractivity contribution in [2.45, 2.75) is 13.0 Å². The lowest BCUT2D eigenvalue weighted by atomic mass is 10.2. The molecule has 0 radical (unpaired) electrons. The number of fused-ring (bicyclic) bond motifs is 1. The fourth-order valence-corrected chi connectivity index (χ4v) is 5.49. The maximum absolute atomic E-state index is 4.70. The molecule has 1 N–H and O–H groups in total. The van der Waals surface area contributed by atoms with Crippen LogP contribution in [-0.4, -0.2) is 4.98 Å². The van der Waals surface area contributed by atoms with Gasteiger partial charge in [0, 0.05) is 13.4 Å². The smallest absolute Gasteiger partial charge is 0.116 e. The van der Waals surface area contributed by atoms with Gasteiger partial charge in [-0.25, -0.2) is 4.98 Å². The summed E-state index contributed by atoms with van der Waals surface area (Å²) in [6.07, 6.45) is 0. The summed E-state index contributed by atoms with van der Waals surface area (Å²) in [7, 11) is 0. The van der Waals surface area contributed by atoms with Crippen molar-refractivity contribution in [3.8, 4) is 0 Å². The summed E-state index contributed by atoms with van der Waals surface area (Å²) in [6.45, 7) is 2.12. The summed E-state index contributed by atoms with van der Waals surface area (Å²) >= 11 is 12.4. The fourth-order valence-electron chi connectivity index (χ4n) is 2.03. The molecule has 0 aliphatic carbocycles. The molecule has 0 saturated carbocycles. The van der Waals surface area contributed by atoms with Crippen LogP contribution in [0.4, 0.5) is 5.69 Å². The van der Waals surface area contributed by atoms with E-state index in [-0.39, 0.29) is 6.04 Å². The van der Waals surface area contributed by atoms with E-state index in [1.54, 1.807) is 11.3 Å². The predicted molar refractivity (Wildman–Crippen MR) is 101 cm³/mol. The van der Waals surface area contributed by atoms with E-state index in [2.05, 4.69) is 66.1 Å². The van der Waals surface area contributed by atoms with Crippen LogP contribution >= 0.6 is 59.1 Å². The number of aromatic nitrogens is 1. The van der Waals surface area contributed by atoms with E-state index < -0.39 is 0 Å². The summed E-state index contributed by atoms with van der Waals surface area (Å²) in [5, 5.41) is 4.60. The first-order valence-electron chi connectivity index (χ1n) is 6.31. The molecular weight excluding hydrogens is 480 g/mol. The molecule has 1 heterocycles. The van der Waals surface area contributed by atoms with Crippen molar-refractivity contribution >= 4 is 75.0 Å². The van der Waals surface area contributed by atoms with Crippen LogP contribution in [0, 0.1) is 0 Å². The molecule has 0 bridgehead atoms. The van der Waals surface area contributed by atoms with Crippen LogP contribution in [0.3, 0.4) is 0 Å². The van der Waals surface area contributed by atoms with E-state index in [9.17, 15) is 0 Å². The number of hydrogen-bond donors (Lipinski definition) is 1. The Morgan fingerprint density at radius 1 is 1.10 bits per heavy atom. The van der Waals surface area contributed by atoms with E-state index in [4.69, 9.17) is 4.98 Å². The van der Waals surface area contributed by atoms with Gasteiger partial charge in [-0.05, 0) is 63.0 Å². The summed E-state index contributed by atoms with van der Waals surface area (Å²) in [5.41, 5.74) is 2.09. The van der Waals surface area contributed by atoms with Crippen molar-refractivity contribution in [3.05, 3.63) is 54.8 Å². The van der Waals surface area contributed by atoms with E-state index in [0.717, 1.165) is 29.6 Å². The van der Waals surface area contributed by atoms with Crippen molar-refractivity contribution in [2.75, 3.05) is 5.32 Å². The number of nitrogens with one attached hydrogen (secondary N) is 1. The highest BCUT2D eigenvalue weighted by molar-refractivity contribution is 9.11. The van der Waals surface area contributed by atoms with Gasteiger partial charge >= 0.3 is 0 Å². The Hall–Kier alpha value is -0.430. The summed E-state index contributed by atoms with van der Waals surface area (Å²) < 4.78 is 4.27. The van der Waals surface area contributed by atoms with Gasteiger partial charge in [0.05, 0.1) is 21.9 Å². The average Bonchev–Trinajstić information content (AvgIpc) is 2.86. The maximum Gasteiger partial charge on any atom is 0.116 e. The third kappa shape index (κ3) is 3.33. The zero-order chi connectivity index (χ0) is 15.0. The molecule has 0 spiro atoms. The number of benzene rings is 2. The van der Waals surface area contributed by atoms with E-state index in [1.165, 1.54) is 4.70 Å². The molecule has 0 amide bonds. The van der Waals surface area contributed by atoms with Gasteiger partial charge in [-0.15, -0.1) is 11.3 Å². The number of rotatable bonds is 3. The second-order valence-electron chi connectivity index (χ2n) is 4.63. The Bertz CT molecular complexity index is 744. The van der Waals surface area contributed by atoms with Crippen LogP contribution in [-0.2, 0) is 0 Å². The largest absolute Gasteiger partial charge is 0.374 e. The lowest BCUT2D eigenvalue weighted by molar-refractivity contribution is 0.872. The molecule has 1 atom stereocenters. The molecule has 2 aromatic carbocycles. The Morgan fingerprint density at radius 3 is 2.43 bits per heavy atom. The fraction of sp³-hybridized carbons (Fsp3) is 0.133. The number of para-hydroxylation sites is 1. The van der Waals surface area contributed by atoms with E-state index in [0.29, 0.717) is 0 Å². The number of anilines is 1. The van der Waals surface area contributed by atoms with Crippen LogP contribution in [0.1, 0.15) is 18.0 Å². The lowest BCUT2D eigenvalue weighted by Crippen LogP contribution is -2.07. The third-order valence-corrected chi connectivity index (χ3v) is 5.98. The molecular formula is C15H11Br3N2S. The quantitative estimate of drug-likeness (QED) is 0.439. The minimum Gasteiger partial charge on any atom is -0.374 e. The second-order valence-corrected chi connectivity index (χ2v) is 8.32. The monoisotopic (exact) mass is 488 g/mol. The standard InChI is InChI=1S/C15H11Br3N2S/c1-8(15-20-12-4-2-3-5-13(12)21-15)19-14-10(17)6-9(16)7-11(14)18/h2-8,19H,1H3. The highest BCUT2D eigenvalue weighted by Crippen LogP contribution is 2.37. The van der Waals surface area contributed by atoms with Gasteiger partial charge in [-0.2, -0.15) is 0 Å². The zero-order valence-corrected chi connectivity index (χ0v) is 16.6. The highest BCUT2D eigenvalue weighted by Gasteiger charge is 2.14. The van der Waals surface area contributed by atoms with Crippen LogP contribution in [0.5, 0.6) is 0 Å². The van der Waals surface area contributed by atoms with Gasteiger partial charge < -0.3 is 5.32 Å². The van der Waals surface area contributed by atoms with Gasteiger partial charge in [0.15, 0.2) is 0 Å². The number of halogens is 3. The number of hydrogen-bond acceptors (Lipinski definition) is 3. The van der Waals surface area contributed by atoms with Crippen molar-refractivity contribution in [2.24, 2.45) is 0 Å². The summed E-state index contributed by atoms with van der Waals surface area (Å²) in [4.78, 5) is 4.70. The molecule has 2 nitrogen and oxygen atoms in total. The molecule has 3 rings (SSSR count). The molecule has 3 aromatic rings. The van der Waals surface area contributed by atoms with Crippen molar-refractivity contribution in [1.82, 2.24) is 4.98 Å². The number of thiazole rings is 1. The van der Waals surface area contributed by atoms with Gasteiger partial charge in [0.25, 0.3) is 0 Å². The third-order valence-electron chi connectivity index (χ3n) is 3.05. The molecule has 1 unspecified atom stereocenters. The van der Waals surface area contributed by atoms with Crippen molar-refractivity contribution < 1.29 is 0 Å². The molecule has 0 aliphatic rings. The van der Waals surface area contributed by atoms with E-state index >= 15 is 0 Å². The van der Waals surface area contributed by atoms with Crippen molar-refractivity contribution in [1.29, 1.82) is 0 Å². The predicted octanol–water partition coefficient (Wildman–Crippen LogP) is 6.76. The molecule has 6 heteroatoms. The van der Waals surface area contributed by atoms with Crippen LogP contribution < -0.4 is 5.32 Å². The van der Waals surface area contributed by atoms with Crippen molar-refractivity contribution in [3.63, 3.8) is 0 Å². The molecule has 1 aromatic heterocycles. The first kappa shape index (κ1) is 15.5. The Morgan fingerprint density at radius 2 is 1.76 bits per heavy atom. The van der Waals surface area contributed by atoms with Crippen LogP contribution in [0.2, 0.25) is 0 Å². The first-order valence-corrected chi connectivity index (χ1v) is 9.50. The van der Waals surface area contributed by atoms with Crippen LogP contribution in [0.15, 0.2) is 49.8 Å². The molecule has 108 valence electrons. The molecule has 0 saturated heterocycles.